The maximum absolute atomic E-state index is 14.9. The number of halogens is 4. The SMILES string of the molecule is CCCCCCCCOc1cnc(-c2ccc(-c3cc(-c4ncc(OCCCCCCCC)cn4)ccc3OC(F)(C(=O)[O-])C(F)(F)F)cc2)nc1. The highest BCUT2D eigenvalue weighted by molar-refractivity contribution is 5.79. The molecule has 0 aliphatic heterocycles. The van der Waals surface area contributed by atoms with Crippen LogP contribution in [0.4, 0.5) is 17.6 Å². The van der Waals surface area contributed by atoms with Gasteiger partial charge in [0.05, 0.1) is 38.0 Å². The van der Waals surface area contributed by atoms with Gasteiger partial charge in [0.25, 0.3) is 0 Å². The summed E-state index contributed by atoms with van der Waals surface area (Å²) >= 11 is 0. The lowest BCUT2D eigenvalue weighted by atomic mass is 10.00. The van der Waals surface area contributed by atoms with E-state index in [9.17, 15) is 27.5 Å². The molecule has 2 aromatic carbocycles. The number of hydrogen-bond donors (Lipinski definition) is 0. The van der Waals surface area contributed by atoms with Crippen molar-refractivity contribution in [3.63, 3.8) is 0 Å². The molecule has 0 radical (unpaired) electrons. The van der Waals surface area contributed by atoms with Gasteiger partial charge in [-0.3, -0.25) is 0 Å². The Labute approximate surface area is 301 Å². The predicted octanol–water partition coefficient (Wildman–Crippen LogP) is 9.10. The van der Waals surface area contributed by atoms with Crippen molar-refractivity contribution in [1.82, 2.24) is 19.9 Å². The van der Waals surface area contributed by atoms with Crippen LogP contribution < -0.4 is 19.3 Å². The average Bonchev–Trinajstić information content (AvgIpc) is 3.14. The number of rotatable bonds is 22. The number of carboxylic acids is 1. The number of aliphatic carboxylic acids is 1. The molecule has 0 saturated heterocycles. The number of unbranched alkanes of at least 4 members (excludes halogenated alkanes) is 10. The largest absolute Gasteiger partial charge is 0.543 e. The summed E-state index contributed by atoms with van der Waals surface area (Å²) in [6.45, 7) is 5.40. The molecule has 1 atom stereocenters. The minimum Gasteiger partial charge on any atom is -0.543 e. The number of nitrogens with zero attached hydrogens (tertiary/aromatic N) is 4. The summed E-state index contributed by atoms with van der Waals surface area (Å²) in [6, 6.07) is 10.0. The summed E-state index contributed by atoms with van der Waals surface area (Å²) in [5.74, 6) is -7.34. The van der Waals surface area contributed by atoms with Crippen LogP contribution in [0.2, 0.25) is 0 Å². The van der Waals surface area contributed by atoms with Crippen molar-refractivity contribution in [2.75, 3.05) is 13.2 Å². The van der Waals surface area contributed by atoms with Crippen LogP contribution in [-0.2, 0) is 4.79 Å². The maximum atomic E-state index is 14.9. The van der Waals surface area contributed by atoms with E-state index in [1.54, 1.807) is 36.7 Å². The summed E-state index contributed by atoms with van der Waals surface area (Å²) in [5, 5.41) is 11.4. The van der Waals surface area contributed by atoms with Crippen LogP contribution >= 0.6 is 0 Å². The number of hydrogen-bond acceptors (Lipinski definition) is 9. The molecular formula is C39H45F4N4O5-. The van der Waals surface area contributed by atoms with Gasteiger partial charge in [-0.05, 0) is 36.6 Å². The number of carboxylic acid groups (broad SMARTS) is 1. The molecule has 0 saturated carbocycles. The van der Waals surface area contributed by atoms with Gasteiger partial charge < -0.3 is 24.1 Å². The third-order valence-electron chi connectivity index (χ3n) is 8.36. The zero-order chi connectivity index (χ0) is 37.4. The molecule has 13 heteroatoms. The Kier molecular flexibility index (Phi) is 15.1. The first-order valence-electron chi connectivity index (χ1n) is 17.9. The Balaban J connectivity index is 1.52. The van der Waals surface area contributed by atoms with Gasteiger partial charge in [-0.1, -0.05) is 102 Å². The molecular weight excluding hydrogens is 680 g/mol. The zero-order valence-corrected chi connectivity index (χ0v) is 29.6. The number of carbonyl (C=O) groups is 1. The topological polar surface area (TPSA) is 119 Å². The fraction of sp³-hybridized carbons (Fsp3) is 0.462. The number of benzene rings is 2. The van der Waals surface area contributed by atoms with E-state index in [0.29, 0.717) is 41.7 Å². The van der Waals surface area contributed by atoms with Crippen molar-refractivity contribution < 1.29 is 41.7 Å². The van der Waals surface area contributed by atoms with Crippen molar-refractivity contribution in [2.24, 2.45) is 0 Å². The van der Waals surface area contributed by atoms with Gasteiger partial charge in [-0.2, -0.15) is 17.6 Å². The van der Waals surface area contributed by atoms with Gasteiger partial charge in [0.1, 0.15) is 11.7 Å². The number of aromatic nitrogens is 4. The Bertz CT molecular complexity index is 1670. The highest BCUT2D eigenvalue weighted by Gasteiger charge is 2.61. The van der Waals surface area contributed by atoms with Gasteiger partial charge in [0.2, 0.25) is 0 Å². The number of carbonyl (C=O) groups excluding carboxylic acids is 1. The van der Waals surface area contributed by atoms with E-state index in [-0.39, 0.29) is 17.0 Å². The average molecular weight is 726 g/mol. The second-order valence-electron chi connectivity index (χ2n) is 12.5. The first-order valence-corrected chi connectivity index (χ1v) is 17.9. The molecule has 9 nitrogen and oxygen atoms in total. The second-order valence-corrected chi connectivity index (χ2v) is 12.5. The minimum absolute atomic E-state index is 0.0528. The summed E-state index contributed by atoms with van der Waals surface area (Å²) in [7, 11) is 0. The van der Waals surface area contributed by atoms with E-state index in [4.69, 9.17) is 9.47 Å². The van der Waals surface area contributed by atoms with E-state index in [0.717, 1.165) is 38.2 Å². The Morgan fingerprint density at radius 3 is 1.50 bits per heavy atom. The first kappa shape index (κ1) is 40.0. The molecule has 0 amide bonds. The quantitative estimate of drug-likeness (QED) is 0.0577. The molecule has 280 valence electrons. The molecule has 0 bridgehead atoms. The lowest BCUT2D eigenvalue weighted by Gasteiger charge is -2.30. The molecule has 1 unspecified atom stereocenters. The zero-order valence-electron chi connectivity index (χ0n) is 29.6. The Morgan fingerprint density at radius 1 is 0.615 bits per heavy atom. The second kappa shape index (κ2) is 19.7. The molecule has 0 N–H and O–H groups in total. The third kappa shape index (κ3) is 11.3. The molecule has 4 rings (SSSR count). The third-order valence-corrected chi connectivity index (χ3v) is 8.36. The number of alkyl halides is 4. The van der Waals surface area contributed by atoms with Crippen LogP contribution in [0.1, 0.15) is 90.9 Å². The maximum Gasteiger partial charge on any atom is 0.466 e. The van der Waals surface area contributed by atoms with Crippen molar-refractivity contribution in [1.29, 1.82) is 0 Å². The number of ether oxygens (including phenoxy) is 3. The van der Waals surface area contributed by atoms with Gasteiger partial charge >= 0.3 is 12.0 Å². The Morgan fingerprint density at radius 2 is 1.04 bits per heavy atom. The molecule has 0 aliphatic rings. The molecule has 0 fully saturated rings. The van der Waals surface area contributed by atoms with Crippen LogP contribution in [0.15, 0.2) is 67.3 Å². The van der Waals surface area contributed by atoms with Gasteiger partial charge in [-0.25, -0.2) is 19.9 Å². The van der Waals surface area contributed by atoms with Gasteiger partial charge in [0, 0.05) is 16.7 Å². The van der Waals surface area contributed by atoms with Crippen LogP contribution in [-0.4, -0.2) is 51.2 Å². The molecule has 0 aliphatic carbocycles. The van der Waals surface area contributed by atoms with Crippen LogP contribution in [0.25, 0.3) is 33.9 Å². The van der Waals surface area contributed by atoms with E-state index in [2.05, 4.69) is 38.5 Å². The normalized spacial score (nSPS) is 12.7. The standard InChI is InChI=1S/C39H46F4N4O5/c1-3-5-7-9-11-13-21-50-31-24-44-35(45-25-31)29-17-15-28(16-18-29)33-23-30(19-20-34(33)52-38(40,37(48)49)39(41,42)43)36-46-26-32(27-47-36)51-22-14-12-10-8-6-4-2/h15-20,23-27H,3-14,21-22H2,1-2H3,(H,48,49)/p-1. The summed E-state index contributed by atoms with van der Waals surface area (Å²) < 4.78 is 71.7. The van der Waals surface area contributed by atoms with Crippen molar-refractivity contribution in [3.8, 4) is 51.2 Å². The lowest BCUT2D eigenvalue weighted by Crippen LogP contribution is -2.59. The lowest BCUT2D eigenvalue weighted by molar-refractivity contribution is -0.372. The van der Waals surface area contributed by atoms with Crippen LogP contribution in [0, 0.1) is 0 Å². The van der Waals surface area contributed by atoms with E-state index in [1.165, 1.54) is 69.5 Å². The smallest absolute Gasteiger partial charge is 0.466 e. The van der Waals surface area contributed by atoms with Gasteiger partial charge in [0.15, 0.2) is 23.1 Å². The first-order chi connectivity index (χ1) is 25.1. The van der Waals surface area contributed by atoms with Gasteiger partial charge in [-0.15, -0.1) is 0 Å². The fourth-order valence-electron chi connectivity index (χ4n) is 5.37. The molecule has 0 spiro atoms. The van der Waals surface area contributed by atoms with Crippen molar-refractivity contribution >= 4 is 5.97 Å². The van der Waals surface area contributed by atoms with Crippen molar-refractivity contribution in [3.05, 3.63) is 67.3 Å². The van der Waals surface area contributed by atoms with E-state index in [1.807, 2.05) is 0 Å². The highest BCUT2D eigenvalue weighted by Crippen LogP contribution is 2.41. The minimum atomic E-state index is -5.93. The van der Waals surface area contributed by atoms with E-state index < -0.39 is 23.7 Å². The predicted molar refractivity (Wildman–Crippen MR) is 187 cm³/mol. The Hall–Kier alpha value is -4.81. The van der Waals surface area contributed by atoms with E-state index >= 15 is 0 Å². The fourth-order valence-corrected chi connectivity index (χ4v) is 5.37. The molecule has 4 aromatic rings. The monoisotopic (exact) mass is 725 g/mol. The molecule has 52 heavy (non-hydrogen) atoms. The van der Waals surface area contributed by atoms with Crippen molar-refractivity contribution in [2.45, 2.75) is 103 Å². The molecule has 2 heterocycles. The molecule has 2 aromatic heterocycles. The summed E-state index contributed by atoms with van der Waals surface area (Å²) in [6.07, 6.45) is 13.6. The highest BCUT2D eigenvalue weighted by atomic mass is 19.4. The van der Waals surface area contributed by atoms with Crippen LogP contribution in [0.5, 0.6) is 17.2 Å². The summed E-state index contributed by atoms with van der Waals surface area (Å²) in [4.78, 5) is 28.8. The van der Waals surface area contributed by atoms with Crippen LogP contribution in [0.3, 0.4) is 0 Å². The summed E-state index contributed by atoms with van der Waals surface area (Å²) in [5.41, 5.74) is 1.15.